The molecule has 0 atom stereocenters. The molecule has 0 spiro atoms. The molecule has 1 amide bonds. The molecule has 2 aromatic carbocycles. The van der Waals surface area contributed by atoms with Crippen molar-refractivity contribution in [3.05, 3.63) is 59.7 Å². The average molecular weight is 282 g/mol. The zero-order chi connectivity index (χ0) is 15.2. The van der Waals surface area contributed by atoms with Gasteiger partial charge in [0.15, 0.2) is 0 Å². The number of rotatable bonds is 5. The van der Waals surface area contributed by atoms with Crippen molar-refractivity contribution in [3.8, 4) is 0 Å². The molecule has 0 aliphatic rings. The van der Waals surface area contributed by atoms with Crippen LogP contribution in [-0.2, 0) is 0 Å². The summed E-state index contributed by atoms with van der Waals surface area (Å²) in [4.78, 5) is 14.4. The van der Waals surface area contributed by atoms with E-state index < -0.39 is 0 Å². The van der Waals surface area contributed by atoms with Gasteiger partial charge in [-0.05, 0) is 57.2 Å². The minimum atomic E-state index is -0.0747. The van der Waals surface area contributed by atoms with Crippen molar-refractivity contribution < 1.29 is 4.79 Å². The number of anilines is 2. The maximum atomic E-state index is 12.2. The molecule has 0 radical (unpaired) electrons. The number of amides is 1. The summed E-state index contributed by atoms with van der Waals surface area (Å²) in [6.07, 6.45) is 0. The first-order chi connectivity index (χ1) is 10.1. The Balaban J connectivity index is 2.08. The first-order valence-electron chi connectivity index (χ1n) is 7.37. The number of benzene rings is 2. The lowest BCUT2D eigenvalue weighted by Gasteiger charge is -2.21. The highest BCUT2D eigenvalue weighted by Crippen LogP contribution is 2.18. The number of carbonyl (C=O) groups is 1. The normalized spacial score (nSPS) is 10.2. The minimum absolute atomic E-state index is 0.0747. The molecular formula is C18H22N2O. The quantitative estimate of drug-likeness (QED) is 0.895. The van der Waals surface area contributed by atoms with Gasteiger partial charge in [0.2, 0.25) is 0 Å². The zero-order valence-corrected chi connectivity index (χ0v) is 12.9. The molecule has 0 fully saturated rings. The van der Waals surface area contributed by atoms with Gasteiger partial charge < -0.3 is 10.2 Å². The van der Waals surface area contributed by atoms with Gasteiger partial charge in [-0.25, -0.2) is 0 Å². The molecule has 0 heterocycles. The summed E-state index contributed by atoms with van der Waals surface area (Å²) in [7, 11) is 0. The van der Waals surface area contributed by atoms with Crippen LogP contribution in [0.2, 0.25) is 0 Å². The van der Waals surface area contributed by atoms with Gasteiger partial charge in [-0.2, -0.15) is 0 Å². The lowest BCUT2D eigenvalue weighted by molar-refractivity contribution is 0.102. The monoisotopic (exact) mass is 282 g/mol. The van der Waals surface area contributed by atoms with Crippen molar-refractivity contribution in [2.24, 2.45) is 0 Å². The van der Waals surface area contributed by atoms with E-state index in [0.29, 0.717) is 5.56 Å². The maximum absolute atomic E-state index is 12.2. The van der Waals surface area contributed by atoms with Crippen molar-refractivity contribution in [1.29, 1.82) is 0 Å². The molecule has 0 bridgehead atoms. The fourth-order valence-electron chi connectivity index (χ4n) is 2.33. The van der Waals surface area contributed by atoms with Crippen LogP contribution in [0, 0.1) is 6.92 Å². The molecule has 3 heteroatoms. The smallest absolute Gasteiger partial charge is 0.255 e. The number of hydrogen-bond donors (Lipinski definition) is 1. The molecule has 0 unspecified atom stereocenters. The lowest BCUT2D eigenvalue weighted by atomic mass is 10.1. The summed E-state index contributed by atoms with van der Waals surface area (Å²) in [5.41, 5.74) is 3.76. The van der Waals surface area contributed by atoms with Gasteiger partial charge in [0.25, 0.3) is 5.91 Å². The van der Waals surface area contributed by atoms with Gasteiger partial charge in [-0.15, -0.1) is 0 Å². The van der Waals surface area contributed by atoms with Crippen LogP contribution < -0.4 is 10.2 Å². The third kappa shape index (κ3) is 3.85. The number of aryl methyl sites for hydroxylation is 1. The fourth-order valence-corrected chi connectivity index (χ4v) is 2.33. The van der Waals surface area contributed by atoms with Gasteiger partial charge in [0, 0.05) is 30.0 Å². The Morgan fingerprint density at radius 2 is 1.71 bits per heavy atom. The highest BCUT2D eigenvalue weighted by Gasteiger charge is 2.07. The second-order valence-electron chi connectivity index (χ2n) is 5.04. The molecule has 0 aliphatic carbocycles. The number of nitrogens with one attached hydrogen (secondary N) is 1. The van der Waals surface area contributed by atoms with E-state index in [1.54, 1.807) is 0 Å². The van der Waals surface area contributed by atoms with Gasteiger partial charge in [0.1, 0.15) is 0 Å². The molecule has 2 aromatic rings. The van der Waals surface area contributed by atoms with Crippen LogP contribution in [0.1, 0.15) is 29.8 Å². The van der Waals surface area contributed by atoms with Crippen LogP contribution in [0.4, 0.5) is 11.4 Å². The summed E-state index contributed by atoms with van der Waals surface area (Å²) in [6.45, 7) is 8.21. The molecular weight excluding hydrogens is 260 g/mol. The van der Waals surface area contributed by atoms with E-state index in [1.807, 2.05) is 55.5 Å². The second-order valence-corrected chi connectivity index (χ2v) is 5.04. The highest BCUT2D eigenvalue weighted by atomic mass is 16.1. The lowest BCUT2D eigenvalue weighted by Crippen LogP contribution is -2.21. The van der Waals surface area contributed by atoms with E-state index in [4.69, 9.17) is 0 Å². The highest BCUT2D eigenvalue weighted by molar-refractivity contribution is 6.04. The third-order valence-electron chi connectivity index (χ3n) is 3.53. The van der Waals surface area contributed by atoms with E-state index in [0.717, 1.165) is 24.3 Å². The molecule has 0 aromatic heterocycles. The van der Waals surface area contributed by atoms with Gasteiger partial charge in [0.05, 0.1) is 0 Å². The van der Waals surface area contributed by atoms with Crippen molar-refractivity contribution >= 4 is 17.3 Å². The van der Waals surface area contributed by atoms with E-state index in [1.165, 1.54) is 5.69 Å². The summed E-state index contributed by atoms with van der Waals surface area (Å²) < 4.78 is 0. The summed E-state index contributed by atoms with van der Waals surface area (Å²) in [5, 5.41) is 2.93. The molecule has 0 saturated heterocycles. The SMILES string of the molecule is CCN(CC)c1ccc(NC(=O)c2cccc(C)c2)cc1. The Morgan fingerprint density at radius 3 is 2.29 bits per heavy atom. The van der Waals surface area contributed by atoms with Crippen LogP contribution in [0.5, 0.6) is 0 Å². The molecule has 3 nitrogen and oxygen atoms in total. The predicted molar refractivity (Wildman–Crippen MR) is 89.1 cm³/mol. The van der Waals surface area contributed by atoms with E-state index >= 15 is 0 Å². The predicted octanol–water partition coefficient (Wildman–Crippen LogP) is 4.09. The first-order valence-corrected chi connectivity index (χ1v) is 7.37. The summed E-state index contributed by atoms with van der Waals surface area (Å²) >= 11 is 0. The number of nitrogens with zero attached hydrogens (tertiary/aromatic N) is 1. The Hall–Kier alpha value is -2.29. The largest absolute Gasteiger partial charge is 0.372 e. The molecule has 1 N–H and O–H groups in total. The van der Waals surface area contributed by atoms with Crippen LogP contribution in [0.15, 0.2) is 48.5 Å². The molecule has 110 valence electrons. The molecule has 0 saturated carbocycles. The van der Waals surface area contributed by atoms with E-state index in [-0.39, 0.29) is 5.91 Å². The topological polar surface area (TPSA) is 32.3 Å². The van der Waals surface area contributed by atoms with Gasteiger partial charge in [-0.3, -0.25) is 4.79 Å². The van der Waals surface area contributed by atoms with Crippen molar-refractivity contribution in [1.82, 2.24) is 0 Å². The Morgan fingerprint density at radius 1 is 1.05 bits per heavy atom. The van der Waals surface area contributed by atoms with Crippen molar-refractivity contribution in [2.75, 3.05) is 23.3 Å². The van der Waals surface area contributed by atoms with Crippen molar-refractivity contribution in [2.45, 2.75) is 20.8 Å². The fraction of sp³-hybridized carbons (Fsp3) is 0.278. The van der Waals surface area contributed by atoms with E-state index in [9.17, 15) is 4.79 Å². The Kier molecular flexibility index (Phi) is 4.99. The number of hydrogen-bond acceptors (Lipinski definition) is 2. The van der Waals surface area contributed by atoms with Gasteiger partial charge >= 0.3 is 0 Å². The Bertz CT molecular complexity index is 601. The summed E-state index contributed by atoms with van der Waals surface area (Å²) in [6, 6.07) is 15.6. The van der Waals surface area contributed by atoms with Crippen LogP contribution in [0.3, 0.4) is 0 Å². The molecule has 2 rings (SSSR count). The van der Waals surface area contributed by atoms with Crippen LogP contribution in [0.25, 0.3) is 0 Å². The van der Waals surface area contributed by atoms with Crippen molar-refractivity contribution in [3.63, 3.8) is 0 Å². The van der Waals surface area contributed by atoms with E-state index in [2.05, 4.69) is 24.1 Å². The zero-order valence-electron chi connectivity index (χ0n) is 12.9. The standard InChI is InChI=1S/C18H22N2O/c1-4-20(5-2)17-11-9-16(10-12-17)19-18(21)15-8-6-7-14(3)13-15/h6-13H,4-5H2,1-3H3,(H,19,21). The maximum Gasteiger partial charge on any atom is 0.255 e. The first kappa shape index (κ1) is 15.1. The second kappa shape index (κ2) is 6.93. The number of carbonyl (C=O) groups excluding carboxylic acids is 1. The molecule has 0 aliphatic heterocycles. The van der Waals surface area contributed by atoms with Crippen LogP contribution in [-0.4, -0.2) is 19.0 Å². The average Bonchev–Trinajstić information content (AvgIpc) is 2.50. The third-order valence-corrected chi connectivity index (χ3v) is 3.53. The Labute approximate surface area is 126 Å². The van der Waals surface area contributed by atoms with Gasteiger partial charge in [-0.1, -0.05) is 17.7 Å². The minimum Gasteiger partial charge on any atom is -0.372 e. The van der Waals surface area contributed by atoms with Crippen LogP contribution >= 0.6 is 0 Å². The summed E-state index contributed by atoms with van der Waals surface area (Å²) in [5.74, 6) is -0.0747. The molecule has 21 heavy (non-hydrogen) atoms.